The van der Waals surface area contributed by atoms with Gasteiger partial charge in [0.25, 0.3) is 5.91 Å². The fourth-order valence-corrected chi connectivity index (χ4v) is 4.19. The van der Waals surface area contributed by atoms with E-state index < -0.39 is 0 Å². The van der Waals surface area contributed by atoms with E-state index in [9.17, 15) is 4.79 Å². The van der Waals surface area contributed by atoms with E-state index in [-0.39, 0.29) is 11.9 Å². The first kappa shape index (κ1) is 15.6. The van der Waals surface area contributed by atoms with E-state index in [4.69, 9.17) is 4.74 Å². The Balaban J connectivity index is 1.49. The maximum absolute atomic E-state index is 12.9. The Labute approximate surface area is 145 Å². The summed E-state index contributed by atoms with van der Waals surface area (Å²) < 4.78 is 5.37. The predicted octanol–water partition coefficient (Wildman–Crippen LogP) is 2.96. The van der Waals surface area contributed by atoms with E-state index in [0.717, 1.165) is 51.5 Å². The lowest BCUT2D eigenvalue weighted by Crippen LogP contribution is -2.36. The first-order valence-electron chi connectivity index (χ1n) is 8.45. The molecule has 0 N–H and O–H groups in total. The number of likely N-dealkylation sites (tertiary alicyclic amines) is 1. The van der Waals surface area contributed by atoms with Gasteiger partial charge in [-0.1, -0.05) is 0 Å². The monoisotopic (exact) mass is 343 g/mol. The van der Waals surface area contributed by atoms with Gasteiger partial charge in [0.05, 0.1) is 24.8 Å². The maximum Gasteiger partial charge on any atom is 0.255 e. The number of hydrogen-bond acceptors (Lipinski definition) is 5. The Morgan fingerprint density at radius 2 is 2.08 bits per heavy atom. The van der Waals surface area contributed by atoms with Crippen molar-refractivity contribution < 1.29 is 9.53 Å². The van der Waals surface area contributed by atoms with Crippen LogP contribution in [0, 0.1) is 0 Å². The second-order valence-electron chi connectivity index (χ2n) is 6.22. The predicted molar refractivity (Wildman–Crippen MR) is 94.6 cm³/mol. The molecule has 24 heavy (non-hydrogen) atoms. The van der Waals surface area contributed by atoms with Gasteiger partial charge in [-0.3, -0.25) is 4.79 Å². The van der Waals surface area contributed by atoms with Crippen molar-refractivity contribution in [2.45, 2.75) is 18.9 Å². The first-order chi connectivity index (χ1) is 11.8. The summed E-state index contributed by atoms with van der Waals surface area (Å²) in [7, 11) is 0. The number of thiophene rings is 1. The Kier molecular flexibility index (Phi) is 4.49. The number of carbonyl (C=O) groups excluding carboxylic acids is 1. The van der Waals surface area contributed by atoms with E-state index in [2.05, 4.69) is 26.7 Å². The summed E-state index contributed by atoms with van der Waals surface area (Å²) in [5.41, 5.74) is 1.93. The van der Waals surface area contributed by atoms with E-state index in [1.54, 1.807) is 17.5 Å². The van der Waals surface area contributed by atoms with Crippen molar-refractivity contribution in [2.24, 2.45) is 0 Å². The van der Waals surface area contributed by atoms with Gasteiger partial charge in [-0.25, -0.2) is 4.98 Å². The molecule has 0 aliphatic carbocycles. The van der Waals surface area contributed by atoms with Crippen LogP contribution in [0.15, 0.2) is 35.2 Å². The molecule has 2 fully saturated rings. The molecule has 2 saturated heterocycles. The number of hydrogen-bond donors (Lipinski definition) is 0. The van der Waals surface area contributed by atoms with Crippen LogP contribution in [0.1, 0.15) is 34.8 Å². The number of morpholine rings is 1. The van der Waals surface area contributed by atoms with Crippen LogP contribution in [0.25, 0.3) is 0 Å². The molecule has 0 saturated carbocycles. The number of amides is 1. The summed E-state index contributed by atoms with van der Waals surface area (Å²) >= 11 is 1.69. The van der Waals surface area contributed by atoms with Gasteiger partial charge >= 0.3 is 0 Å². The van der Waals surface area contributed by atoms with Crippen molar-refractivity contribution >= 4 is 23.1 Å². The molecule has 0 unspecified atom stereocenters. The molecule has 0 aromatic carbocycles. The normalized spacial score (nSPS) is 21.2. The highest BCUT2D eigenvalue weighted by atomic mass is 32.1. The molecule has 0 radical (unpaired) electrons. The molecule has 4 rings (SSSR count). The molecule has 1 amide bonds. The fourth-order valence-electron chi connectivity index (χ4n) is 3.48. The van der Waals surface area contributed by atoms with Crippen LogP contribution in [0.4, 0.5) is 5.82 Å². The smallest absolute Gasteiger partial charge is 0.255 e. The van der Waals surface area contributed by atoms with Crippen LogP contribution in [0.5, 0.6) is 0 Å². The average Bonchev–Trinajstić information content (AvgIpc) is 3.33. The summed E-state index contributed by atoms with van der Waals surface area (Å²) in [4.78, 5) is 21.6. The quantitative estimate of drug-likeness (QED) is 0.860. The van der Waals surface area contributed by atoms with Gasteiger partial charge in [-0.05, 0) is 47.4 Å². The first-order valence-corrected chi connectivity index (χ1v) is 9.39. The molecule has 1 atom stereocenters. The van der Waals surface area contributed by atoms with Gasteiger partial charge < -0.3 is 14.5 Å². The number of pyridine rings is 1. The van der Waals surface area contributed by atoms with Crippen LogP contribution in [-0.4, -0.2) is 48.6 Å². The highest BCUT2D eigenvalue weighted by molar-refractivity contribution is 7.08. The van der Waals surface area contributed by atoms with Crippen LogP contribution in [0.3, 0.4) is 0 Å². The number of aromatic nitrogens is 1. The lowest BCUT2D eigenvalue weighted by Gasteiger charge is -2.28. The molecular formula is C18H21N3O2S. The fraction of sp³-hybridized carbons (Fsp3) is 0.444. The van der Waals surface area contributed by atoms with Crippen LogP contribution < -0.4 is 4.90 Å². The Hall–Kier alpha value is -1.92. The van der Waals surface area contributed by atoms with Crippen molar-refractivity contribution in [3.63, 3.8) is 0 Å². The molecule has 2 aliphatic heterocycles. The van der Waals surface area contributed by atoms with E-state index in [1.807, 2.05) is 17.0 Å². The molecule has 6 heteroatoms. The van der Waals surface area contributed by atoms with Gasteiger partial charge in [0.1, 0.15) is 5.82 Å². The van der Waals surface area contributed by atoms with Crippen molar-refractivity contribution in [2.75, 3.05) is 37.7 Å². The minimum absolute atomic E-state index is 0.0877. The highest BCUT2D eigenvalue weighted by Gasteiger charge is 2.31. The van der Waals surface area contributed by atoms with Crippen LogP contribution >= 0.6 is 11.3 Å². The molecule has 5 nitrogen and oxygen atoms in total. The molecule has 2 aromatic heterocycles. The molecule has 4 heterocycles. The zero-order valence-corrected chi connectivity index (χ0v) is 14.4. The Morgan fingerprint density at radius 3 is 2.79 bits per heavy atom. The van der Waals surface area contributed by atoms with Gasteiger partial charge in [-0.2, -0.15) is 11.3 Å². The second kappa shape index (κ2) is 6.91. The third-order valence-corrected chi connectivity index (χ3v) is 5.47. The average molecular weight is 343 g/mol. The van der Waals surface area contributed by atoms with E-state index in [0.29, 0.717) is 5.56 Å². The molecule has 2 aromatic rings. The summed E-state index contributed by atoms with van der Waals surface area (Å²) in [5, 5.41) is 4.23. The second-order valence-corrected chi connectivity index (χ2v) is 7.00. The van der Waals surface area contributed by atoms with Gasteiger partial charge in [-0.15, -0.1) is 0 Å². The number of anilines is 1. The van der Waals surface area contributed by atoms with Crippen molar-refractivity contribution in [3.05, 3.63) is 46.3 Å². The minimum atomic E-state index is 0.0877. The number of carbonyl (C=O) groups is 1. The Bertz CT molecular complexity index is 681. The largest absolute Gasteiger partial charge is 0.378 e. The van der Waals surface area contributed by atoms with E-state index >= 15 is 0 Å². The summed E-state index contributed by atoms with van der Waals surface area (Å²) in [6.07, 6.45) is 3.82. The third-order valence-electron chi connectivity index (χ3n) is 4.77. The van der Waals surface area contributed by atoms with Crippen LogP contribution in [0.2, 0.25) is 0 Å². The standard InChI is InChI=1S/C18H21N3O2S/c22-18(21-6-1-2-16(21)15-5-11-24-13-15)14-3-4-17(19-12-14)20-7-9-23-10-8-20/h3-5,11-13,16H,1-2,6-10H2/t16-/m1/s1. The zero-order valence-electron chi connectivity index (χ0n) is 13.6. The molecular weight excluding hydrogens is 322 g/mol. The van der Waals surface area contributed by atoms with Gasteiger partial charge in [0, 0.05) is 25.8 Å². The van der Waals surface area contributed by atoms with Crippen molar-refractivity contribution in [1.29, 1.82) is 0 Å². The molecule has 126 valence electrons. The van der Waals surface area contributed by atoms with Crippen molar-refractivity contribution in [3.8, 4) is 0 Å². The van der Waals surface area contributed by atoms with Gasteiger partial charge in [0.2, 0.25) is 0 Å². The number of nitrogens with zero attached hydrogens (tertiary/aromatic N) is 3. The van der Waals surface area contributed by atoms with Gasteiger partial charge in [0.15, 0.2) is 0 Å². The minimum Gasteiger partial charge on any atom is -0.378 e. The lowest BCUT2D eigenvalue weighted by molar-refractivity contribution is 0.0735. The highest BCUT2D eigenvalue weighted by Crippen LogP contribution is 2.34. The lowest BCUT2D eigenvalue weighted by atomic mass is 10.1. The number of rotatable bonds is 3. The Morgan fingerprint density at radius 1 is 1.21 bits per heavy atom. The molecule has 0 bridgehead atoms. The summed E-state index contributed by atoms with van der Waals surface area (Å²) in [6.45, 7) is 4.00. The zero-order chi connectivity index (χ0) is 16.4. The SMILES string of the molecule is O=C(c1ccc(N2CCOCC2)nc1)N1CCC[C@@H]1c1ccsc1. The molecule has 2 aliphatic rings. The molecule has 0 spiro atoms. The number of ether oxygens (including phenoxy) is 1. The summed E-state index contributed by atoms with van der Waals surface area (Å²) in [6, 6.07) is 6.19. The van der Waals surface area contributed by atoms with Crippen molar-refractivity contribution in [1.82, 2.24) is 9.88 Å². The van der Waals surface area contributed by atoms with Crippen LogP contribution in [-0.2, 0) is 4.74 Å². The maximum atomic E-state index is 12.9. The third kappa shape index (κ3) is 3.03. The topological polar surface area (TPSA) is 45.7 Å². The summed E-state index contributed by atoms with van der Waals surface area (Å²) in [5.74, 6) is 1.01. The van der Waals surface area contributed by atoms with E-state index in [1.165, 1.54) is 5.56 Å².